The van der Waals surface area contributed by atoms with Gasteiger partial charge in [-0.2, -0.15) is 5.10 Å². The van der Waals surface area contributed by atoms with Gasteiger partial charge >= 0.3 is 0 Å². The molecule has 1 saturated heterocycles. The molecule has 4 aromatic rings. The van der Waals surface area contributed by atoms with Gasteiger partial charge in [0.15, 0.2) is 0 Å². The van der Waals surface area contributed by atoms with Gasteiger partial charge in [-0.15, -0.1) is 5.10 Å². The number of nitrogens with one attached hydrogen (secondary N) is 1. The molecule has 9 heteroatoms. The lowest BCUT2D eigenvalue weighted by Gasteiger charge is -2.25. The Labute approximate surface area is 210 Å². The molecule has 0 bridgehead atoms. The monoisotopic (exact) mass is 488 g/mol. The topological polar surface area (TPSA) is 98.7 Å². The molecule has 188 valence electrons. The minimum absolute atomic E-state index is 0.0221. The summed E-state index contributed by atoms with van der Waals surface area (Å²) in [7, 11) is 0. The normalized spacial score (nSPS) is 21.3. The van der Waals surface area contributed by atoms with Gasteiger partial charge < -0.3 is 19.9 Å². The van der Waals surface area contributed by atoms with Gasteiger partial charge in [0, 0.05) is 28.9 Å². The minimum atomic E-state index is -0.202. The van der Waals surface area contributed by atoms with E-state index in [4.69, 9.17) is 14.6 Å². The van der Waals surface area contributed by atoms with E-state index in [1.54, 1.807) is 0 Å². The van der Waals surface area contributed by atoms with E-state index in [1.807, 2.05) is 51.9 Å². The fourth-order valence-corrected chi connectivity index (χ4v) is 5.03. The van der Waals surface area contributed by atoms with Crippen molar-refractivity contribution in [3.8, 4) is 16.9 Å². The van der Waals surface area contributed by atoms with Crippen LogP contribution < -0.4 is 10.1 Å². The van der Waals surface area contributed by atoms with Crippen molar-refractivity contribution in [2.75, 3.05) is 25.1 Å². The summed E-state index contributed by atoms with van der Waals surface area (Å²) in [5.74, 6) is 1.74. The van der Waals surface area contributed by atoms with Gasteiger partial charge in [0.2, 0.25) is 5.95 Å². The molecule has 1 unspecified atom stereocenters. The number of anilines is 1. The molecule has 0 spiro atoms. The van der Waals surface area contributed by atoms with Crippen molar-refractivity contribution in [2.24, 2.45) is 0 Å². The Balaban J connectivity index is 1.28. The second-order valence-electron chi connectivity index (χ2n) is 9.94. The van der Waals surface area contributed by atoms with Crippen molar-refractivity contribution in [1.82, 2.24) is 24.4 Å². The van der Waals surface area contributed by atoms with Crippen LogP contribution in [-0.2, 0) is 4.74 Å². The summed E-state index contributed by atoms with van der Waals surface area (Å²) in [6.45, 7) is 3.97. The van der Waals surface area contributed by atoms with Crippen LogP contribution in [0.5, 0.6) is 5.75 Å². The number of hydrogen-bond acceptors (Lipinski definition) is 7. The number of ether oxygens (including phenoxy) is 2. The van der Waals surface area contributed by atoms with Gasteiger partial charge in [-0.1, -0.05) is 18.2 Å². The van der Waals surface area contributed by atoms with Gasteiger partial charge in [-0.25, -0.2) is 9.50 Å². The van der Waals surface area contributed by atoms with E-state index < -0.39 is 0 Å². The summed E-state index contributed by atoms with van der Waals surface area (Å²) >= 11 is 0. The lowest BCUT2D eigenvalue weighted by atomic mass is 9.85. The van der Waals surface area contributed by atoms with Crippen LogP contribution >= 0.6 is 0 Å². The Kier molecular flexibility index (Phi) is 6.33. The van der Waals surface area contributed by atoms with Crippen LogP contribution in [0, 0.1) is 0 Å². The molecule has 2 fully saturated rings. The predicted octanol–water partition coefficient (Wildman–Crippen LogP) is 4.06. The third-order valence-corrected chi connectivity index (χ3v) is 7.19. The SMILES string of the molecule is CC(COc1ccccc1)Nc1ncc2c(-c3cnn(C4COC4)c3)cc(C3CCC(O)CC3)n2n1. The minimum Gasteiger partial charge on any atom is -0.491 e. The number of hydrogen-bond donors (Lipinski definition) is 2. The van der Waals surface area contributed by atoms with Crippen molar-refractivity contribution in [3.63, 3.8) is 0 Å². The lowest BCUT2D eigenvalue weighted by molar-refractivity contribution is -0.0286. The predicted molar refractivity (Wildman–Crippen MR) is 136 cm³/mol. The maximum absolute atomic E-state index is 10.1. The molecule has 36 heavy (non-hydrogen) atoms. The van der Waals surface area contributed by atoms with Crippen molar-refractivity contribution < 1.29 is 14.6 Å². The average molecular weight is 489 g/mol. The summed E-state index contributed by atoms with van der Waals surface area (Å²) < 4.78 is 15.2. The van der Waals surface area contributed by atoms with E-state index in [0.717, 1.165) is 53.8 Å². The largest absolute Gasteiger partial charge is 0.491 e. The first kappa shape index (κ1) is 23.0. The molecular formula is C27H32N6O3. The van der Waals surface area contributed by atoms with Crippen LogP contribution in [0.25, 0.3) is 16.6 Å². The summed E-state index contributed by atoms with van der Waals surface area (Å²) in [4.78, 5) is 4.64. The van der Waals surface area contributed by atoms with Crippen molar-refractivity contribution >= 4 is 11.5 Å². The van der Waals surface area contributed by atoms with E-state index in [9.17, 15) is 5.11 Å². The zero-order valence-corrected chi connectivity index (χ0v) is 20.5. The molecule has 4 heterocycles. The first-order valence-electron chi connectivity index (χ1n) is 12.8. The highest BCUT2D eigenvalue weighted by atomic mass is 16.5. The van der Waals surface area contributed by atoms with E-state index in [-0.39, 0.29) is 12.1 Å². The highest BCUT2D eigenvalue weighted by molar-refractivity contribution is 5.81. The summed E-state index contributed by atoms with van der Waals surface area (Å²) in [6.07, 6.45) is 9.21. The first-order valence-corrected chi connectivity index (χ1v) is 12.8. The Hall–Kier alpha value is -3.43. The number of fused-ring (bicyclic) bond motifs is 1. The zero-order chi connectivity index (χ0) is 24.5. The van der Waals surface area contributed by atoms with Crippen molar-refractivity contribution in [3.05, 3.63) is 60.7 Å². The molecule has 0 amide bonds. The Bertz CT molecular complexity index is 1310. The number of aromatic nitrogens is 5. The first-order chi connectivity index (χ1) is 17.6. The fraction of sp³-hybridized carbons (Fsp3) is 0.444. The van der Waals surface area contributed by atoms with E-state index in [2.05, 4.69) is 34.6 Å². The van der Waals surface area contributed by atoms with Crippen LogP contribution in [0.3, 0.4) is 0 Å². The molecule has 0 radical (unpaired) electrons. The fourth-order valence-electron chi connectivity index (χ4n) is 5.03. The number of para-hydroxylation sites is 1. The smallest absolute Gasteiger partial charge is 0.241 e. The highest BCUT2D eigenvalue weighted by Gasteiger charge is 2.27. The molecule has 1 atom stereocenters. The molecule has 1 aliphatic carbocycles. The number of aliphatic hydroxyl groups excluding tert-OH is 1. The molecule has 2 N–H and O–H groups in total. The van der Waals surface area contributed by atoms with Gasteiger partial charge in [0.25, 0.3) is 0 Å². The van der Waals surface area contributed by atoms with Crippen LogP contribution in [0.1, 0.15) is 50.3 Å². The standard InChI is InChI=1S/C27H32N6O3/c1-18(15-36-23-5-3-2-4-6-23)30-27-28-13-26-24(20-12-29-32(14-20)21-16-35-17-21)11-25(33(26)31-27)19-7-9-22(34)10-8-19/h2-6,11-14,18-19,21-22,34H,7-10,15-17H2,1H3,(H,30,31). The molecule has 1 aromatic carbocycles. The second-order valence-corrected chi connectivity index (χ2v) is 9.94. The lowest BCUT2D eigenvalue weighted by Crippen LogP contribution is -2.30. The third kappa shape index (κ3) is 4.68. The van der Waals surface area contributed by atoms with Crippen LogP contribution in [0.15, 0.2) is 55.0 Å². The molecule has 1 aliphatic heterocycles. The van der Waals surface area contributed by atoms with Crippen LogP contribution in [-0.4, -0.2) is 61.5 Å². The maximum Gasteiger partial charge on any atom is 0.241 e. The van der Waals surface area contributed by atoms with Crippen LogP contribution in [0.4, 0.5) is 5.95 Å². The van der Waals surface area contributed by atoms with Crippen molar-refractivity contribution in [2.45, 2.75) is 56.7 Å². The molecule has 1 saturated carbocycles. The van der Waals surface area contributed by atoms with Gasteiger partial charge in [-0.3, -0.25) is 4.68 Å². The van der Waals surface area contributed by atoms with Crippen LogP contribution in [0.2, 0.25) is 0 Å². The summed E-state index contributed by atoms with van der Waals surface area (Å²) in [5.41, 5.74) is 4.24. The number of aliphatic hydroxyl groups is 1. The molecule has 2 aliphatic rings. The molecule has 3 aromatic heterocycles. The Morgan fingerprint density at radius 2 is 1.94 bits per heavy atom. The molecule has 6 rings (SSSR count). The summed E-state index contributed by atoms with van der Waals surface area (Å²) in [5, 5.41) is 22.9. The van der Waals surface area contributed by atoms with Gasteiger partial charge in [-0.05, 0) is 50.8 Å². The van der Waals surface area contributed by atoms with Crippen molar-refractivity contribution in [1.29, 1.82) is 0 Å². The van der Waals surface area contributed by atoms with Gasteiger partial charge in [0.05, 0.1) is 49.3 Å². The van der Waals surface area contributed by atoms with E-state index in [1.165, 1.54) is 0 Å². The second kappa shape index (κ2) is 9.91. The average Bonchev–Trinajstić information content (AvgIpc) is 3.48. The van der Waals surface area contributed by atoms with E-state index in [0.29, 0.717) is 37.7 Å². The summed E-state index contributed by atoms with van der Waals surface area (Å²) in [6, 6.07) is 12.4. The molecule has 9 nitrogen and oxygen atoms in total. The maximum atomic E-state index is 10.1. The van der Waals surface area contributed by atoms with E-state index >= 15 is 0 Å². The van der Waals surface area contributed by atoms with Gasteiger partial charge in [0.1, 0.15) is 12.4 Å². The third-order valence-electron chi connectivity index (χ3n) is 7.19. The number of rotatable bonds is 8. The Morgan fingerprint density at radius 1 is 1.14 bits per heavy atom. The zero-order valence-electron chi connectivity index (χ0n) is 20.5. The quantitative estimate of drug-likeness (QED) is 0.386. The molecular weight excluding hydrogens is 456 g/mol. The number of benzene rings is 1. The number of nitrogens with zero attached hydrogens (tertiary/aromatic N) is 5. The highest BCUT2D eigenvalue weighted by Crippen LogP contribution is 2.38. The Morgan fingerprint density at radius 3 is 2.69 bits per heavy atom.